The molecule has 142 valence electrons. The summed E-state index contributed by atoms with van der Waals surface area (Å²) in [6, 6.07) is 13.9. The van der Waals surface area contributed by atoms with Crippen LogP contribution in [0.5, 0.6) is 11.5 Å². The molecule has 0 radical (unpaired) electrons. The van der Waals surface area contributed by atoms with E-state index in [0.29, 0.717) is 5.75 Å². The van der Waals surface area contributed by atoms with Crippen LogP contribution in [0, 0.1) is 0 Å². The van der Waals surface area contributed by atoms with E-state index in [1.807, 2.05) is 42.5 Å². The van der Waals surface area contributed by atoms with Gasteiger partial charge in [0.1, 0.15) is 0 Å². The molecular weight excluding hydrogens is 338 g/mol. The van der Waals surface area contributed by atoms with Crippen LogP contribution in [0.4, 0.5) is 0 Å². The van der Waals surface area contributed by atoms with Gasteiger partial charge in [-0.3, -0.25) is 0 Å². The molecule has 2 aliphatic rings. The van der Waals surface area contributed by atoms with Gasteiger partial charge in [-0.15, -0.1) is 0 Å². The highest BCUT2D eigenvalue weighted by atomic mass is 16.5. The summed E-state index contributed by atoms with van der Waals surface area (Å²) in [5, 5.41) is 14.6. The maximum absolute atomic E-state index is 10.8. The summed E-state index contributed by atoms with van der Waals surface area (Å²) in [6.07, 6.45) is 7.03. The monoisotopic (exact) mass is 365 g/mol. The number of fused-ring (bicyclic) bond motifs is 1. The molecule has 27 heavy (non-hydrogen) atoms. The Bertz CT molecular complexity index is 838. The van der Waals surface area contributed by atoms with Crippen LogP contribution in [0.25, 0.3) is 5.70 Å². The Hall–Kier alpha value is -2.46. The van der Waals surface area contributed by atoms with E-state index in [-0.39, 0.29) is 5.54 Å². The molecule has 1 aliphatic heterocycles. The van der Waals surface area contributed by atoms with Crippen LogP contribution in [0.2, 0.25) is 0 Å². The predicted octanol–water partition coefficient (Wildman–Crippen LogP) is 4.24. The molecule has 4 nitrogen and oxygen atoms in total. The Morgan fingerprint density at radius 1 is 1.04 bits per heavy atom. The number of aliphatic hydroxyl groups is 1. The zero-order valence-electron chi connectivity index (χ0n) is 16.0. The number of aliphatic hydroxyl groups excluding tert-OH is 1. The lowest BCUT2D eigenvalue weighted by atomic mass is 9.81. The van der Waals surface area contributed by atoms with E-state index in [1.165, 1.54) is 18.4 Å². The van der Waals surface area contributed by atoms with E-state index in [0.717, 1.165) is 41.8 Å². The summed E-state index contributed by atoms with van der Waals surface area (Å²) in [5.74, 6) is 1.47. The van der Waals surface area contributed by atoms with Crippen molar-refractivity contribution in [2.45, 2.75) is 43.7 Å². The first-order valence-electron chi connectivity index (χ1n) is 9.62. The molecule has 0 amide bonds. The summed E-state index contributed by atoms with van der Waals surface area (Å²) in [7, 11) is 3.33. The molecule has 0 saturated heterocycles. The second-order valence-electron chi connectivity index (χ2n) is 7.59. The maximum atomic E-state index is 10.8. The number of hydrogen-bond donors (Lipinski definition) is 2. The molecule has 0 bridgehead atoms. The molecule has 1 fully saturated rings. The second kappa shape index (κ2) is 7.28. The van der Waals surface area contributed by atoms with E-state index in [2.05, 4.69) is 11.4 Å². The minimum atomic E-state index is -0.661. The van der Waals surface area contributed by atoms with Crippen LogP contribution < -0.4 is 14.8 Å². The molecule has 2 aromatic carbocycles. The zero-order chi connectivity index (χ0) is 18.9. The van der Waals surface area contributed by atoms with Crippen molar-refractivity contribution >= 4 is 5.70 Å². The molecule has 1 atom stereocenters. The Labute approximate surface area is 160 Å². The number of rotatable bonds is 4. The van der Waals surface area contributed by atoms with Gasteiger partial charge >= 0.3 is 0 Å². The van der Waals surface area contributed by atoms with Crippen molar-refractivity contribution in [3.63, 3.8) is 0 Å². The summed E-state index contributed by atoms with van der Waals surface area (Å²) < 4.78 is 11.0. The highest BCUT2D eigenvalue weighted by Crippen LogP contribution is 2.43. The summed E-state index contributed by atoms with van der Waals surface area (Å²) in [4.78, 5) is 0. The fourth-order valence-corrected chi connectivity index (χ4v) is 4.47. The lowest BCUT2D eigenvalue weighted by Gasteiger charge is -2.39. The quantitative estimate of drug-likeness (QED) is 0.851. The summed E-state index contributed by atoms with van der Waals surface area (Å²) in [5.41, 5.74) is 4.28. The second-order valence-corrected chi connectivity index (χ2v) is 7.59. The van der Waals surface area contributed by atoms with Gasteiger partial charge < -0.3 is 19.9 Å². The highest BCUT2D eigenvalue weighted by molar-refractivity contribution is 5.73. The molecule has 1 unspecified atom stereocenters. The number of hydrogen-bond acceptors (Lipinski definition) is 4. The fourth-order valence-electron chi connectivity index (χ4n) is 4.47. The van der Waals surface area contributed by atoms with Gasteiger partial charge in [0.25, 0.3) is 0 Å². The molecule has 1 saturated carbocycles. The predicted molar refractivity (Wildman–Crippen MR) is 107 cm³/mol. The van der Waals surface area contributed by atoms with Crippen molar-refractivity contribution in [1.82, 2.24) is 5.32 Å². The van der Waals surface area contributed by atoms with Crippen LogP contribution >= 0.6 is 0 Å². The summed E-state index contributed by atoms with van der Waals surface area (Å²) in [6.45, 7) is 0. The number of methoxy groups -OCH3 is 2. The van der Waals surface area contributed by atoms with Gasteiger partial charge in [0, 0.05) is 16.8 Å². The SMILES string of the molecule is COc1cc2c(cc1OC)/C(=C/C(O)c1ccccc1)NC1(CCCC1)C2. The van der Waals surface area contributed by atoms with E-state index >= 15 is 0 Å². The van der Waals surface area contributed by atoms with Gasteiger partial charge in [0.15, 0.2) is 11.5 Å². The average molecular weight is 365 g/mol. The first-order chi connectivity index (χ1) is 13.1. The third kappa shape index (κ3) is 3.42. The molecular formula is C23H27NO3. The third-order valence-electron chi connectivity index (χ3n) is 5.85. The van der Waals surface area contributed by atoms with Gasteiger partial charge in [0.2, 0.25) is 0 Å². The molecule has 1 aliphatic carbocycles. The van der Waals surface area contributed by atoms with Crippen LogP contribution in [0.15, 0.2) is 48.5 Å². The minimum Gasteiger partial charge on any atom is -0.493 e. The Morgan fingerprint density at radius 3 is 2.37 bits per heavy atom. The Morgan fingerprint density at radius 2 is 1.70 bits per heavy atom. The highest BCUT2D eigenvalue weighted by Gasteiger charge is 2.39. The van der Waals surface area contributed by atoms with Crippen molar-refractivity contribution < 1.29 is 14.6 Å². The number of nitrogens with one attached hydrogen (secondary N) is 1. The molecule has 1 spiro atoms. The first-order valence-corrected chi connectivity index (χ1v) is 9.62. The smallest absolute Gasteiger partial charge is 0.161 e. The van der Waals surface area contributed by atoms with Crippen LogP contribution in [0.3, 0.4) is 0 Å². The molecule has 2 N–H and O–H groups in total. The van der Waals surface area contributed by atoms with Crippen molar-refractivity contribution in [3.8, 4) is 11.5 Å². The van der Waals surface area contributed by atoms with Crippen molar-refractivity contribution in [1.29, 1.82) is 0 Å². The van der Waals surface area contributed by atoms with Gasteiger partial charge in [-0.2, -0.15) is 0 Å². The average Bonchev–Trinajstić information content (AvgIpc) is 3.15. The lowest BCUT2D eigenvalue weighted by molar-refractivity contribution is 0.228. The molecule has 2 aromatic rings. The molecule has 4 rings (SSSR count). The van der Waals surface area contributed by atoms with Gasteiger partial charge in [0.05, 0.1) is 20.3 Å². The number of benzene rings is 2. The minimum absolute atomic E-state index is 0.0782. The van der Waals surface area contributed by atoms with Crippen molar-refractivity contribution in [2.75, 3.05) is 14.2 Å². The molecule has 0 aromatic heterocycles. The van der Waals surface area contributed by atoms with E-state index in [1.54, 1.807) is 14.2 Å². The number of ether oxygens (including phenoxy) is 2. The fraction of sp³-hybridized carbons (Fsp3) is 0.391. The lowest BCUT2D eigenvalue weighted by Crippen LogP contribution is -2.46. The van der Waals surface area contributed by atoms with Crippen LogP contribution in [0.1, 0.15) is 48.5 Å². The Kier molecular flexibility index (Phi) is 4.83. The molecule has 4 heteroatoms. The maximum Gasteiger partial charge on any atom is 0.161 e. The van der Waals surface area contributed by atoms with Gasteiger partial charge in [-0.05, 0) is 48.6 Å². The summed E-state index contributed by atoms with van der Waals surface area (Å²) >= 11 is 0. The van der Waals surface area contributed by atoms with Crippen LogP contribution in [-0.2, 0) is 6.42 Å². The Balaban J connectivity index is 1.79. The molecule has 1 heterocycles. The van der Waals surface area contributed by atoms with Crippen molar-refractivity contribution in [2.24, 2.45) is 0 Å². The normalized spacial score (nSPS) is 20.2. The zero-order valence-corrected chi connectivity index (χ0v) is 16.0. The van der Waals surface area contributed by atoms with E-state index < -0.39 is 6.10 Å². The van der Waals surface area contributed by atoms with Crippen molar-refractivity contribution in [3.05, 3.63) is 65.2 Å². The van der Waals surface area contributed by atoms with Gasteiger partial charge in [-0.25, -0.2) is 0 Å². The van der Waals surface area contributed by atoms with Gasteiger partial charge in [-0.1, -0.05) is 43.2 Å². The largest absolute Gasteiger partial charge is 0.493 e. The van der Waals surface area contributed by atoms with E-state index in [4.69, 9.17) is 9.47 Å². The standard InChI is InChI=1S/C23H27NO3/c1-26-21-12-17-15-23(10-6-7-11-23)24-19(18(17)13-22(21)27-2)14-20(25)16-8-4-3-5-9-16/h3-5,8-9,12-14,20,24-25H,6-7,10-11,15H2,1-2H3/b19-14-. The van der Waals surface area contributed by atoms with E-state index in [9.17, 15) is 5.11 Å². The van der Waals surface area contributed by atoms with Crippen LogP contribution in [-0.4, -0.2) is 24.9 Å². The third-order valence-corrected chi connectivity index (χ3v) is 5.85. The topological polar surface area (TPSA) is 50.7 Å². The first kappa shape index (κ1) is 17.9.